The summed E-state index contributed by atoms with van der Waals surface area (Å²) >= 11 is 0. The van der Waals surface area contributed by atoms with Gasteiger partial charge in [0.1, 0.15) is 0 Å². The second-order valence-electron chi connectivity index (χ2n) is 6.72. The highest BCUT2D eigenvalue weighted by atomic mass is 16.7. The summed E-state index contributed by atoms with van der Waals surface area (Å²) in [5, 5.41) is 0. The molecule has 2 heterocycles. The van der Waals surface area contributed by atoms with Crippen LogP contribution in [-0.4, -0.2) is 37.0 Å². The zero-order chi connectivity index (χ0) is 15.3. The van der Waals surface area contributed by atoms with Crippen LogP contribution in [0.15, 0.2) is 48.5 Å². The van der Waals surface area contributed by atoms with Crippen molar-refractivity contribution in [3.8, 4) is 11.1 Å². The second-order valence-corrected chi connectivity index (χ2v) is 6.72. The van der Waals surface area contributed by atoms with Crippen molar-refractivity contribution in [2.24, 2.45) is 0 Å². The number of ether oxygens (including phenoxy) is 2. The van der Waals surface area contributed by atoms with Gasteiger partial charge in [-0.05, 0) is 22.3 Å². The topological polar surface area (TPSA) is 21.7 Å². The van der Waals surface area contributed by atoms with Gasteiger partial charge in [-0.2, -0.15) is 0 Å². The Kier molecular flexibility index (Phi) is 3.08. The molecule has 5 rings (SSSR count). The van der Waals surface area contributed by atoms with E-state index < -0.39 is 0 Å². The van der Waals surface area contributed by atoms with E-state index in [0.29, 0.717) is 6.04 Å². The van der Waals surface area contributed by atoms with Crippen LogP contribution in [0, 0.1) is 0 Å². The minimum absolute atomic E-state index is 0.297. The molecule has 3 aliphatic rings. The Bertz CT molecular complexity index is 680. The normalized spacial score (nSPS) is 23.1. The number of fused-ring (bicyclic) bond motifs is 3. The lowest BCUT2D eigenvalue weighted by atomic mass is 9.97. The number of hydrogen-bond acceptors (Lipinski definition) is 3. The van der Waals surface area contributed by atoms with Crippen molar-refractivity contribution in [2.75, 3.05) is 26.3 Å². The molecule has 2 aromatic rings. The number of hydrogen-bond donors (Lipinski definition) is 0. The lowest BCUT2D eigenvalue weighted by molar-refractivity contribution is -0.187. The van der Waals surface area contributed by atoms with Gasteiger partial charge in [0.05, 0.1) is 19.3 Å². The van der Waals surface area contributed by atoms with Gasteiger partial charge < -0.3 is 9.47 Å². The van der Waals surface area contributed by atoms with Crippen LogP contribution in [0.25, 0.3) is 11.1 Å². The maximum atomic E-state index is 5.88. The molecule has 3 heteroatoms. The van der Waals surface area contributed by atoms with Crippen molar-refractivity contribution in [3.05, 3.63) is 59.7 Å². The Morgan fingerprint density at radius 3 is 1.87 bits per heavy atom. The highest BCUT2D eigenvalue weighted by Gasteiger charge is 2.43. The van der Waals surface area contributed by atoms with Gasteiger partial charge in [0.25, 0.3) is 0 Å². The third kappa shape index (κ3) is 2.08. The molecule has 0 saturated carbocycles. The number of rotatable bonds is 1. The van der Waals surface area contributed by atoms with E-state index >= 15 is 0 Å². The summed E-state index contributed by atoms with van der Waals surface area (Å²) in [7, 11) is 0. The first-order valence-corrected chi connectivity index (χ1v) is 8.57. The van der Waals surface area contributed by atoms with E-state index in [1.807, 2.05) is 0 Å². The van der Waals surface area contributed by atoms with E-state index in [-0.39, 0.29) is 5.79 Å². The standard InChI is InChI=1S/C20H21NO2/c1-3-7-17-15(5-1)16-6-2-4-8-18(16)19(17)21-11-9-20(10-12-21)22-13-14-23-20/h1-8,19H,9-14H2. The molecular weight excluding hydrogens is 286 g/mol. The maximum Gasteiger partial charge on any atom is 0.170 e. The first kappa shape index (κ1) is 13.7. The molecule has 1 spiro atoms. The van der Waals surface area contributed by atoms with Gasteiger partial charge in [0.2, 0.25) is 0 Å². The van der Waals surface area contributed by atoms with Crippen LogP contribution in [-0.2, 0) is 9.47 Å². The quantitative estimate of drug-likeness (QED) is 0.803. The third-order valence-electron chi connectivity index (χ3n) is 5.54. The molecule has 1 aliphatic carbocycles. The van der Waals surface area contributed by atoms with E-state index in [4.69, 9.17) is 9.47 Å². The average molecular weight is 307 g/mol. The third-order valence-corrected chi connectivity index (χ3v) is 5.54. The summed E-state index contributed by atoms with van der Waals surface area (Å²) in [4.78, 5) is 2.60. The second kappa shape index (κ2) is 5.17. The molecule has 23 heavy (non-hydrogen) atoms. The summed E-state index contributed by atoms with van der Waals surface area (Å²) in [5.41, 5.74) is 5.67. The Morgan fingerprint density at radius 1 is 0.783 bits per heavy atom. The predicted molar refractivity (Wildman–Crippen MR) is 89.2 cm³/mol. The van der Waals surface area contributed by atoms with Crippen LogP contribution in [0.1, 0.15) is 30.0 Å². The van der Waals surface area contributed by atoms with Gasteiger partial charge in [-0.1, -0.05) is 48.5 Å². The van der Waals surface area contributed by atoms with Crippen LogP contribution < -0.4 is 0 Å². The van der Waals surface area contributed by atoms with E-state index in [0.717, 1.165) is 39.1 Å². The van der Waals surface area contributed by atoms with Gasteiger partial charge in [-0.3, -0.25) is 4.90 Å². The Labute approximate surface area is 136 Å². The molecule has 2 aromatic carbocycles. The van der Waals surface area contributed by atoms with Gasteiger partial charge in [-0.15, -0.1) is 0 Å². The van der Waals surface area contributed by atoms with E-state index in [1.54, 1.807) is 0 Å². The first-order valence-electron chi connectivity index (χ1n) is 8.57. The Balaban J connectivity index is 1.49. The maximum absolute atomic E-state index is 5.88. The fraction of sp³-hybridized carbons (Fsp3) is 0.400. The van der Waals surface area contributed by atoms with Crippen molar-refractivity contribution in [3.63, 3.8) is 0 Å². The molecule has 0 N–H and O–H groups in total. The minimum atomic E-state index is -0.297. The first-order chi connectivity index (χ1) is 11.4. The number of likely N-dealkylation sites (tertiary alicyclic amines) is 1. The zero-order valence-electron chi connectivity index (χ0n) is 13.2. The summed E-state index contributed by atoms with van der Waals surface area (Å²) < 4.78 is 11.8. The van der Waals surface area contributed by atoms with Gasteiger partial charge >= 0.3 is 0 Å². The number of nitrogens with zero attached hydrogens (tertiary/aromatic N) is 1. The largest absolute Gasteiger partial charge is 0.347 e. The molecular formula is C20H21NO2. The van der Waals surface area contributed by atoms with Crippen LogP contribution in [0.5, 0.6) is 0 Å². The Hall–Kier alpha value is -1.68. The monoisotopic (exact) mass is 307 g/mol. The lowest BCUT2D eigenvalue weighted by Gasteiger charge is -2.40. The Morgan fingerprint density at radius 2 is 1.30 bits per heavy atom. The minimum Gasteiger partial charge on any atom is -0.347 e. The number of piperidine rings is 1. The fourth-order valence-corrected chi connectivity index (χ4v) is 4.43. The summed E-state index contributed by atoms with van der Waals surface area (Å²) in [6, 6.07) is 18.1. The molecule has 0 atom stereocenters. The molecule has 0 amide bonds. The fourth-order valence-electron chi connectivity index (χ4n) is 4.43. The molecule has 0 radical (unpaired) electrons. The van der Waals surface area contributed by atoms with Crippen LogP contribution >= 0.6 is 0 Å². The SMILES string of the molecule is c1ccc2c(c1)-c1ccccc1C2N1CCC2(CC1)OCCO2. The van der Waals surface area contributed by atoms with E-state index in [1.165, 1.54) is 22.3 Å². The van der Waals surface area contributed by atoms with Gasteiger partial charge in [0.15, 0.2) is 5.79 Å². The molecule has 0 unspecified atom stereocenters. The molecule has 2 fully saturated rings. The summed E-state index contributed by atoms with van der Waals surface area (Å²) in [6.45, 7) is 3.53. The van der Waals surface area contributed by atoms with Crippen molar-refractivity contribution in [1.29, 1.82) is 0 Å². The molecule has 118 valence electrons. The van der Waals surface area contributed by atoms with Crippen molar-refractivity contribution in [1.82, 2.24) is 4.90 Å². The van der Waals surface area contributed by atoms with Crippen molar-refractivity contribution < 1.29 is 9.47 Å². The van der Waals surface area contributed by atoms with Crippen LogP contribution in [0.3, 0.4) is 0 Å². The molecule has 2 aliphatic heterocycles. The number of benzene rings is 2. The lowest BCUT2D eigenvalue weighted by Crippen LogP contribution is -2.46. The molecule has 0 aromatic heterocycles. The van der Waals surface area contributed by atoms with Gasteiger partial charge in [-0.25, -0.2) is 0 Å². The van der Waals surface area contributed by atoms with E-state index in [2.05, 4.69) is 53.4 Å². The van der Waals surface area contributed by atoms with Crippen LogP contribution in [0.2, 0.25) is 0 Å². The zero-order valence-corrected chi connectivity index (χ0v) is 13.2. The highest BCUT2D eigenvalue weighted by Crippen LogP contribution is 2.47. The molecule has 3 nitrogen and oxygen atoms in total. The molecule has 2 saturated heterocycles. The van der Waals surface area contributed by atoms with Gasteiger partial charge in [0, 0.05) is 25.9 Å². The average Bonchev–Trinajstić information content (AvgIpc) is 3.19. The van der Waals surface area contributed by atoms with E-state index in [9.17, 15) is 0 Å². The van der Waals surface area contributed by atoms with Crippen LogP contribution in [0.4, 0.5) is 0 Å². The summed E-state index contributed by atoms with van der Waals surface area (Å²) in [5.74, 6) is -0.297. The summed E-state index contributed by atoms with van der Waals surface area (Å²) in [6.07, 6.45) is 1.93. The van der Waals surface area contributed by atoms with Crippen molar-refractivity contribution >= 4 is 0 Å². The predicted octanol–water partition coefficient (Wildman–Crippen LogP) is 3.60. The van der Waals surface area contributed by atoms with Crippen molar-refractivity contribution in [2.45, 2.75) is 24.7 Å². The molecule has 0 bridgehead atoms. The highest BCUT2D eigenvalue weighted by molar-refractivity contribution is 5.78. The smallest absolute Gasteiger partial charge is 0.170 e.